The molecule has 0 unspecified atom stereocenters. The van der Waals surface area contributed by atoms with Gasteiger partial charge in [0.2, 0.25) is 0 Å². The highest BCUT2D eigenvalue weighted by Crippen LogP contribution is 2.53. The highest BCUT2D eigenvalue weighted by atomic mass is 35.5. The third-order valence-corrected chi connectivity index (χ3v) is 10.1. The zero-order chi connectivity index (χ0) is 29.3. The molecule has 2 bridgehead atoms. The molecule has 1 aliphatic carbocycles. The number of halogens is 3. The Bertz CT molecular complexity index is 1720. The topological polar surface area (TPSA) is 94.8 Å². The molecule has 2 aromatic carbocycles. The summed E-state index contributed by atoms with van der Waals surface area (Å²) in [5, 5.41) is 5.48. The summed E-state index contributed by atoms with van der Waals surface area (Å²) in [4.78, 5) is 33.1. The number of esters is 2. The third kappa shape index (κ3) is 4.55. The summed E-state index contributed by atoms with van der Waals surface area (Å²) in [5.74, 6) is -1.20. The van der Waals surface area contributed by atoms with Crippen LogP contribution in [0.5, 0.6) is 0 Å². The van der Waals surface area contributed by atoms with Gasteiger partial charge in [0, 0.05) is 30.5 Å². The molecule has 4 heterocycles. The van der Waals surface area contributed by atoms with E-state index in [2.05, 4.69) is 10.1 Å². The molecule has 3 aliphatic rings. The highest BCUT2D eigenvalue weighted by molar-refractivity contribution is 7.22. The average molecular weight is 631 g/mol. The summed E-state index contributed by atoms with van der Waals surface area (Å²) in [7, 11) is 1.37. The number of carbonyl (C=O) groups excluding carboxylic acids is 2. The number of methoxy groups -OCH3 is 1. The number of hydrogen-bond acceptors (Lipinski definition) is 9. The molecule has 218 valence electrons. The van der Waals surface area contributed by atoms with E-state index in [-0.39, 0.29) is 64.1 Å². The van der Waals surface area contributed by atoms with Gasteiger partial charge in [-0.25, -0.2) is 19.0 Å². The van der Waals surface area contributed by atoms with E-state index in [4.69, 9.17) is 42.2 Å². The van der Waals surface area contributed by atoms with Crippen LogP contribution in [-0.2, 0) is 15.1 Å². The smallest absolute Gasteiger partial charge is 0.344 e. The number of carbonyl (C=O) groups is 2. The van der Waals surface area contributed by atoms with Crippen molar-refractivity contribution in [3.05, 3.63) is 62.8 Å². The molecule has 3 fully saturated rings. The van der Waals surface area contributed by atoms with Gasteiger partial charge in [-0.1, -0.05) is 45.8 Å². The fraction of sp³-hybridized carbons (Fsp3) is 0.400. The van der Waals surface area contributed by atoms with Crippen molar-refractivity contribution in [2.24, 2.45) is 0 Å². The minimum atomic E-state index is -1.76. The van der Waals surface area contributed by atoms with Gasteiger partial charge in [0.15, 0.2) is 16.6 Å². The number of hydrogen-bond donors (Lipinski definition) is 0. The van der Waals surface area contributed by atoms with Crippen molar-refractivity contribution in [2.45, 2.75) is 69.3 Å². The predicted molar refractivity (Wildman–Crippen MR) is 157 cm³/mol. The number of alkyl halides is 1. The Morgan fingerprint density at radius 3 is 2.45 bits per heavy atom. The van der Waals surface area contributed by atoms with E-state index in [0.717, 1.165) is 33.8 Å². The number of nitrogens with zero attached hydrogens (tertiary/aromatic N) is 3. The highest BCUT2D eigenvalue weighted by Gasteiger charge is 2.53. The van der Waals surface area contributed by atoms with Crippen molar-refractivity contribution in [1.29, 1.82) is 0 Å². The van der Waals surface area contributed by atoms with Crippen LogP contribution in [0.1, 0.15) is 70.6 Å². The maximum absolute atomic E-state index is 15.3. The first kappa shape index (κ1) is 27.6. The lowest BCUT2D eigenvalue weighted by Gasteiger charge is -2.38. The number of rotatable bonds is 6. The summed E-state index contributed by atoms with van der Waals surface area (Å²) in [6.45, 7) is 1.94. The average Bonchev–Trinajstić information content (AvgIpc) is 3.26. The van der Waals surface area contributed by atoms with Crippen molar-refractivity contribution in [2.75, 3.05) is 12.0 Å². The Balaban J connectivity index is 1.15. The van der Waals surface area contributed by atoms with Gasteiger partial charge in [-0.15, -0.1) is 0 Å². The van der Waals surface area contributed by atoms with Crippen LogP contribution in [-0.4, -0.2) is 47.4 Å². The first-order valence-electron chi connectivity index (χ1n) is 13.8. The van der Waals surface area contributed by atoms with Crippen LogP contribution in [0.15, 0.2) is 34.9 Å². The van der Waals surface area contributed by atoms with Crippen molar-refractivity contribution >= 4 is 61.8 Å². The number of benzene rings is 2. The van der Waals surface area contributed by atoms with Crippen molar-refractivity contribution in [3.63, 3.8) is 0 Å². The van der Waals surface area contributed by atoms with Crippen molar-refractivity contribution in [1.82, 2.24) is 10.1 Å². The fourth-order valence-electron chi connectivity index (χ4n) is 6.29. The molecule has 0 N–H and O–H groups in total. The largest absolute Gasteiger partial charge is 0.465 e. The van der Waals surface area contributed by atoms with Gasteiger partial charge in [0.1, 0.15) is 17.4 Å². The van der Waals surface area contributed by atoms with Crippen molar-refractivity contribution in [3.8, 4) is 11.3 Å². The number of thiazole rings is 1. The second-order valence-corrected chi connectivity index (χ2v) is 13.0. The standard InChI is InChI=1S/C30H26Cl2FN3O5S/c1-14-10-15(27(37)39-2)11-21-24(14)34-29(42-21)36-16-6-7-17(36)13-18(12-16)40-28(38)23-25(22-19(31)4-3-5-20(22)32)35-41-26(23)30(33)8-9-30/h3-5,10-11,16-18H,6-9,12-13H2,1-2H3/t16-,17+,18-. The molecule has 7 rings (SSSR count). The van der Waals surface area contributed by atoms with Crippen LogP contribution in [0.3, 0.4) is 0 Å². The molecule has 0 spiro atoms. The number of fused-ring (bicyclic) bond motifs is 3. The Labute approximate surface area is 254 Å². The zero-order valence-corrected chi connectivity index (χ0v) is 25.1. The van der Waals surface area contributed by atoms with E-state index in [9.17, 15) is 9.59 Å². The molecule has 3 atom stereocenters. The fourth-order valence-corrected chi connectivity index (χ4v) is 8.10. The van der Waals surface area contributed by atoms with E-state index in [1.54, 1.807) is 35.6 Å². The van der Waals surface area contributed by atoms with E-state index < -0.39 is 11.6 Å². The molecule has 1 saturated carbocycles. The van der Waals surface area contributed by atoms with Gasteiger partial charge < -0.3 is 18.9 Å². The quantitative estimate of drug-likeness (QED) is 0.201. The molecule has 2 saturated heterocycles. The monoisotopic (exact) mass is 629 g/mol. The summed E-state index contributed by atoms with van der Waals surface area (Å²) >= 11 is 14.4. The SMILES string of the molecule is COC(=O)c1cc(C)c2nc(N3[C@@H]4CC[C@H]3C[C@H](OC(=O)c3c(-c5c(Cl)cccc5Cl)noc3C3(F)CC3)C4)sc2c1. The number of aryl methyl sites for hydroxylation is 1. The molecule has 4 aromatic rings. The van der Waals surface area contributed by atoms with Crippen LogP contribution in [0.2, 0.25) is 10.0 Å². The first-order valence-corrected chi connectivity index (χ1v) is 15.4. The van der Waals surface area contributed by atoms with Crippen LogP contribution in [0.4, 0.5) is 9.52 Å². The minimum Gasteiger partial charge on any atom is -0.465 e. The van der Waals surface area contributed by atoms with Gasteiger partial charge in [0.25, 0.3) is 0 Å². The van der Waals surface area contributed by atoms with Crippen molar-refractivity contribution < 1.29 is 28.0 Å². The lowest BCUT2D eigenvalue weighted by molar-refractivity contribution is 0.0198. The number of piperidine rings is 1. The number of aromatic nitrogens is 2. The van der Waals surface area contributed by atoms with Gasteiger partial charge >= 0.3 is 11.9 Å². The lowest BCUT2D eigenvalue weighted by Crippen LogP contribution is -2.46. The molecule has 0 amide bonds. The Hall–Kier alpha value is -3.21. The Morgan fingerprint density at radius 2 is 1.81 bits per heavy atom. The zero-order valence-electron chi connectivity index (χ0n) is 22.8. The maximum atomic E-state index is 15.3. The normalized spacial score (nSPS) is 22.4. The molecule has 8 nitrogen and oxygen atoms in total. The Morgan fingerprint density at radius 1 is 1.12 bits per heavy atom. The Kier molecular flexibility index (Phi) is 6.71. The molecule has 12 heteroatoms. The number of anilines is 1. The second kappa shape index (κ2) is 10.2. The van der Waals surface area contributed by atoms with Crippen LogP contribution < -0.4 is 4.90 Å². The lowest BCUT2D eigenvalue weighted by atomic mass is 9.99. The summed E-state index contributed by atoms with van der Waals surface area (Å²) in [6, 6.07) is 8.80. The van der Waals surface area contributed by atoms with E-state index in [1.165, 1.54) is 7.11 Å². The van der Waals surface area contributed by atoms with E-state index in [0.29, 0.717) is 24.0 Å². The van der Waals surface area contributed by atoms with Gasteiger partial charge in [-0.05, 0) is 62.4 Å². The van der Waals surface area contributed by atoms with Crippen LogP contribution >= 0.6 is 34.5 Å². The summed E-state index contributed by atoms with van der Waals surface area (Å²) < 4.78 is 32.6. The van der Waals surface area contributed by atoms with Gasteiger partial charge in [-0.3, -0.25) is 0 Å². The molecular weight excluding hydrogens is 604 g/mol. The summed E-state index contributed by atoms with van der Waals surface area (Å²) in [6.07, 6.45) is 3.19. The van der Waals surface area contributed by atoms with Gasteiger partial charge in [-0.2, -0.15) is 0 Å². The minimum absolute atomic E-state index is 0.0529. The van der Waals surface area contributed by atoms with Gasteiger partial charge in [0.05, 0.1) is 32.9 Å². The molecule has 42 heavy (non-hydrogen) atoms. The number of ether oxygens (including phenoxy) is 2. The summed E-state index contributed by atoms with van der Waals surface area (Å²) in [5.41, 5.74) is 0.859. The van der Waals surface area contributed by atoms with E-state index >= 15 is 4.39 Å². The third-order valence-electron chi connectivity index (χ3n) is 8.47. The molecule has 2 aromatic heterocycles. The second-order valence-electron chi connectivity index (χ2n) is 11.2. The predicted octanol–water partition coefficient (Wildman–Crippen LogP) is 7.67. The molecule has 0 radical (unpaired) electrons. The van der Waals surface area contributed by atoms with E-state index in [1.807, 2.05) is 13.0 Å². The molecular formula is C30H26Cl2FN3O5S. The molecule has 2 aliphatic heterocycles. The maximum Gasteiger partial charge on any atom is 0.344 e. The van der Waals surface area contributed by atoms with Crippen LogP contribution in [0, 0.1) is 6.92 Å². The first-order chi connectivity index (χ1) is 20.2. The van der Waals surface area contributed by atoms with Crippen LogP contribution in [0.25, 0.3) is 21.5 Å².